The zero-order valence-electron chi connectivity index (χ0n) is 14.2. The minimum atomic E-state index is -1.15. The summed E-state index contributed by atoms with van der Waals surface area (Å²) in [6, 6.07) is 10.0. The largest absolute Gasteiger partial charge is 0.503 e. The number of aromatic nitrogens is 1. The van der Waals surface area contributed by atoms with E-state index in [1.54, 1.807) is 35.7 Å². The lowest BCUT2D eigenvalue weighted by Gasteiger charge is -2.26. The number of hydrogen-bond acceptors (Lipinski definition) is 5. The highest BCUT2D eigenvalue weighted by Gasteiger charge is 2.45. The molecule has 5 nitrogen and oxygen atoms in total. The van der Waals surface area contributed by atoms with Crippen molar-refractivity contribution in [2.45, 2.75) is 6.04 Å². The first-order valence-corrected chi connectivity index (χ1v) is 9.08. The Hall–Kier alpha value is -3.39. The zero-order chi connectivity index (χ0) is 19.8. The van der Waals surface area contributed by atoms with E-state index in [1.807, 2.05) is 0 Å². The molecule has 1 atom stereocenters. The van der Waals surface area contributed by atoms with Crippen LogP contribution >= 0.6 is 11.3 Å². The Morgan fingerprint density at radius 1 is 1.11 bits per heavy atom. The number of carbonyl (C=O) groups excluding carboxylic acids is 2. The molecular formula is C20H12F2N2O3S. The predicted octanol–water partition coefficient (Wildman–Crippen LogP) is 4.20. The summed E-state index contributed by atoms with van der Waals surface area (Å²) in [4.78, 5) is 31.4. The summed E-state index contributed by atoms with van der Waals surface area (Å²) in [7, 11) is 0. The third kappa shape index (κ3) is 2.87. The van der Waals surface area contributed by atoms with Crippen LogP contribution in [0.1, 0.15) is 21.4 Å². The van der Waals surface area contributed by atoms with Crippen LogP contribution in [0.25, 0.3) is 0 Å². The van der Waals surface area contributed by atoms with Gasteiger partial charge in [0.15, 0.2) is 17.4 Å². The number of nitrogens with zero attached hydrogens (tertiary/aromatic N) is 2. The van der Waals surface area contributed by atoms with Crippen molar-refractivity contribution >= 4 is 28.7 Å². The number of halogens is 2. The van der Waals surface area contributed by atoms with Crippen LogP contribution in [0, 0.1) is 11.6 Å². The number of pyridine rings is 1. The zero-order valence-corrected chi connectivity index (χ0v) is 15.0. The summed E-state index contributed by atoms with van der Waals surface area (Å²) in [6.45, 7) is 0. The van der Waals surface area contributed by atoms with Gasteiger partial charge >= 0.3 is 0 Å². The molecule has 1 aliphatic rings. The van der Waals surface area contributed by atoms with Crippen LogP contribution < -0.4 is 4.90 Å². The summed E-state index contributed by atoms with van der Waals surface area (Å²) >= 11 is 1.17. The van der Waals surface area contributed by atoms with Gasteiger partial charge in [0.1, 0.15) is 6.04 Å². The van der Waals surface area contributed by atoms with Gasteiger partial charge in [-0.1, -0.05) is 12.1 Å². The maximum Gasteiger partial charge on any atom is 0.294 e. The molecule has 0 aliphatic carbocycles. The molecule has 0 fully saturated rings. The van der Waals surface area contributed by atoms with E-state index in [9.17, 15) is 23.5 Å². The lowest BCUT2D eigenvalue weighted by Crippen LogP contribution is -2.31. The number of rotatable bonds is 4. The van der Waals surface area contributed by atoms with Crippen LogP contribution in [-0.4, -0.2) is 21.8 Å². The van der Waals surface area contributed by atoms with Crippen molar-refractivity contribution < 1.29 is 23.5 Å². The molecule has 1 aliphatic heterocycles. The minimum absolute atomic E-state index is 0.0000765. The third-order valence-corrected chi connectivity index (χ3v) is 5.22. The predicted molar refractivity (Wildman–Crippen MR) is 99.1 cm³/mol. The molecule has 3 aromatic rings. The smallest absolute Gasteiger partial charge is 0.294 e. The average molecular weight is 398 g/mol. The van der Waals surface area contributed by atoms with E-state index in [2.05, 4.69) is 4.98 Å². The van der Waals surface area contributed by atoms with Crippen LogP contribution in [0.2, 0.25) is 0 Å². The number of hydrogen-bond donors (Lipinski definition) is 1. The van der Waals surface area contributed by atoms with E-state index in [0.717, 1.165) is 17.0 Å². The molecule has 0 saturated carbocycles. The molecule has 140 valence electrons. The Morgan fingerprint density at radius 3 is 2.57 bits per heavy atom. The Bertz CT molecular complexity index is 1100. The fourth-order valence-corrected chi connectivity index (χ4v) is 3.77. The Balaban J connectivity index is 1.89. The Morgan fingerprint density at radius 2 is 1.93 bits per heavy atom. The van der Waals surface area contributed by atoms with Gasteiger partial charge in [-0.25, -0.2) is 8.78 Å². The molecule has 1 amide bonds. The van der Waals surface area contributed by atoms with E-state index in [-0.39, 0.29) is 11.3 Å². The first kappa shape index (κ1) is 18.0. The van der Waals surface area contributed by atoms with Gasteiger partial charge in [-0.2, -0.15) is 0 Å². The molecule has 2 aromatic heterocycles. The summed E-state index contributed by atoms with van der Waals surface area (Å²) < 4.78 is 27.2. The van der Waals surface area contributed by atoms with Gasteiger partial charge in [0.2, 0.25) is 5.78 Å². The molecule has 0 saturated heterocycles. The van der Waals surface area contributed by atoms with Gasteiger partial charge in [0.05, 0.1) is 16.1 Å². The SMILES string of the molecule is O=C(C1=C(O)C(=O)N(c2ccc(F)c(F)c2)C1c1ccccn1)c1cccs1. The first-order chi connectivity index (χ1) is 13.5. The van der Waals surface area contributed by atoms with Crippen molar-refractivity contribution in [3.63, 3.8) is 0 Å². The van der Waals surface area contributed by atoms with Gasteiger partial charge in [0.25, 0.3) is 5.91 Å². The number of Topliss-reactive ketones (excluding diaryl/α,β-unsaturated/α-hetero) is 1. The molecule has 1 aromatic carbocycles. The van der Waals surface area contributed by atoms with Gasteiger partial charge in [-0.3, -0.25) is 19.5 Å². The highest BCUT2D eigenvalue weighted by Crippen LogP contribution is 2.41. The molecule has 3 heterocycles. The van der Waals surface area contributed by atoms with Crippen LogP contribution in [-0.2, 0) is 4.79 Å². The molecule has 4 rings (SSSR count). The Kier molecular flexibility index (Phi) is 4.48. The maximum atomic E-state index is 13.8. The number of anilines is 1. The normalized spacial score (nSPS) is 16.7. The molecular weight excluding hydrogens is 386 g/mol. The monoisotopic (exact) mass is 398 g/mol. The van der Waals surface area contributed by atoms with Crippen molar-refractivity contribution in [3.8, 4) is 0 Å². The number of aliphatic hydroxyl groups excluding tert-OH is 1. The average Bonchev–Trinajstić information content (AvgIpc) is 3.32. The van der Waals surface area contributed by atoms with Crippen LogP contribution in [0.5, 0.6) is 0 Å². The molecule has 8 heteroatoms. The van der Waals surface area contributed by atoms with E-state index >= 15 is 0 Å². The molecule has 28 heavy (non-hydrogen) atoms. The van der Waals surface area contributed by atoms with Crippen molar-refractivity contribution in [1.29, 1.82) is 0 Å². The van der Waals surface area contributed by atoms with Crippen molar-refractivity contribution in [2.24, 2.45) is 0 Å². The number of ketones is 1. The molecule has 1 N–H and O–H groups in total. The first-order valence-electron chi connectivity index (χ1n) is 8.20. The lowest BCUT2D eigenvalue weighted by atomic mass is 9.98. The molecule has 0 radical (unpaired) electrons. The highest BCUT2D eigenvalue weighted by atomic mass is 32.1. The minimum Gasteiger partial charge on any atom is -0.503 e. The fraction of sp³-hybridized carbons (Fsp3) is 0.0500. The van der Waals surface area contributed by atoms with Crippen LogP contribution in [0.15, 0.2) is 71.4 Å². The standard InChI is InChI=1S/C20H12F2N2O3S/c21-12-7-6-11(10-13(12)22)24-17(14-4-1-2-8-23-14)16(19(26)20(24)27)18(25)15-5-3-9-28-15/h1-10,17,26H. The summed E-state index contributed by atoms with van der Waals surface area (Å²) in [6.07, 6.45) is 1.48. The van der Waals surface area contributed by atoms with Gasteiger partial charge in [-0.05, 0) is 35.7 Å². The second-order valence-corrected chi connectivity index (χ2v) is 6.95. The van der Waals surface area contributed by atoms with Crippen molar-refractivity contribution in [1.82, 2.24) is 4.98 Å². The second-order valence-electron chi connectivity index (χ2n) is 6.00. The van der Waals surface area contributed by atoms with Gasteiger partial charge < -0.3 is 5.11 Å². The summed E-state index contributed by atoms with van der Waals surface area (Å²) in [5.41, 5.74) is 0.153. The number of carbonyl (C=O) groups is 2. The molecule has 0 spiro atoms. The van der Waals surface area contributed by atoms with Crippen molar-refractivity contribution in [3.05, 3.63) is 93.6 Å². The summed E-state index contributed by atoms with van der Waals surface area (Å²) in [5, 5.41) is 12.2. The summed E-state index contributed by atoms with van der Waals surface area (Å²) in [5.74, 6) is -4.37. The number of benzene rings is 1. The van der Waals surface area contributed by atoms with Gasteiger partial charge in [-0.15, -0.1) is 11.3 Å². The third-order valence-electron chi connectivity index (χ3n) is 4.35. The van der Waals surface area contributed by atoms with E-state index in [4.69, 9.17) is 0 Å². The van der Waals surface area contributed by atoms with E-state index < -0.39 is 35.1 Å². The molecule has 0 bridgehead atoms. The number of thiophene rings is 1. The second kappa shape index (κ2) is 6.97. The quantitative estimate of drug-likeness (QED) is 0.669. The van der Waals surface area contributed by atoms with E-state index in [1.165, 1.54) is 23.6 Å². The topological polar surface area (TPSA) is 70.5 Å². The Labute approximate surface area is 162 Å². The fourth-order valence-electron chi connectivity index (χ4n) is 3.10. The van der Waals surface area contributed by atoms with Crippen LogP contribution in [0.4, 0.5) is 14.5 Å². The van der Waals surface area contributed by atoms with Crippen molar-refractivity contribution in [2.75, 3.05) is 4.90 Å². The number of aliphatic hydroxyl groups is 1. The van der Waals surface area contributed by atoms with Gasteiger partial charge in [0, 0.05) is 18.0 Å². The molecule has 1 unspecified atom stereocenters. The van der Waals surface area contributed by atoms with E-state index in [0.29, 0.717) is 10.6 Å². The maximum absolute atomic E-state index is 13.8. The highest BCUT2D eigenvalue weighted by molar-refractivity contribution is 7.12. The van der Waals surface area contributed by atoms with Crippen LogP contribution in [0.3, 0.4) is 0 Å². The lowest BCUT2D eigenvalue weighted by molar-refractivity contribution is -0.117. The number of amides is 1.